The topological polar surface area (TPSA) is 53.7 Å². The summed E-state index contributed by atoms with van der Waals surface area (Å²) < 4.78 is 29.9. The normalized spacial score (nSPS) is 11.9. The van der Waals surface area contributed by atoms with Crippen molar-refractivity contribution in [2.75, 3.05) is 0 Å². The third kappa shape index (κ3) is 6.06. The van der Waals surface area contributed by atoms with Gasteiger partial charge in [-0.1, -0.05) is 0 Å². The van der Waals surface area contributed by atoms with Crippen LogP contribution in [-0.2, 0) is 4.74 Å². The summed E-state index contributed by atoms with van der Waals surface area (Å²) in [5.74, 6) is -0.921. The second-order valence-corrected chi connectivity index (χ2v) is 6.16. The Hall–Kier alpha value is -1.56. The van der Waals surface area contributed by atoms with Crippen molar-refractivity contribution in [1.29, 1.82) is 0 Å². The van der Waals surface area contributed by atoms with Gasteiger partial charge < -0.3 is 19.9 Å². The zero-order valence-electron chi connectivity index (χ0n) is 12.3. The Morgan fingerprint density at radius 1 is 1.05 bits per heavy atom. The Morgan fingerprint density at radius 3 is 2.00 bits per heavy atom. The minimum atomic E-state index is -1.10. The molecular formula is C14H20FNO3S. The highest BCUT2D eigenvalue weighted by molar-refractivity contribution is 7.80. The van der Waals surface area contributed by atoms with Crippen molar-refractivity contribution < 1.29 is 18.6 Å². The molecule has 0 saturated heterocycles. The maximum Gasteiger partial charge on any atom is 0.257 e. The second kappa shape index (κ2) is 5.83. The molecule has 0 aliphatic carbocycles. The zero-order chi connectivity index (χ0) is 15.6. The van der Waals surface area contributed by atoms with Gasteiger partial charge in [-0.15, -0.1) is 0 Å². The first-order valence-corrected chi connectivity index (χ1v) is 6.55. The molecule has 0 aliphatic heterocycles. The summed E-state index contributed by atoms with van der Waals surface area (Å²) in [5, 5.41) is -0.141. The number of benzene rings is 1. The van der Waals surface area contributed by atoms with Gasteiger partial charge in [0.1, 0.15) is 22.9 Å². The van der Waals surface area contributed by atoms with Crippen molar-refractivity contribution in [2.24, 2.45) is 5.73 Å². The summed E-state index contributed by atoms with van der Waals surface area (Å²) in [6.45, 7) is 8.87. The Bertz CT molecular complexity index is 498. The molecule has 0 fully saturated rings. The minimum absolute atomic E-state index is 0.141. The molecule has 0 spiro atoms. The lowest BCUT2D eigenvalue weighted by Crippen LogP contribution is -2.36. The van der Waals surface area contributed by atoms with Gasteiger partial charge in [-0.3, -0.25) is 0 Å². The van der Waals surface area contributed by atoms with Gasteiger partial charge in [0.05, 0.1) is 0 Å². The molecule has 2 N–H and O–H groups in total. The van der Waals surface area contributed by atoms with Gasteiger partial charge >= 0.3 is 0 Å². The van der Waals surface area contributed by atoms with Crippen LogP contribution in [0.4, 0.5) is 4.39 Å². The second-order valence-electron chi connectivity index (χ2n) is 5.76. The third-order valence-corrected chi connectivity index (χ3v) is 2.06. The fourth-order valence-electron chi connectivity index (χ4n) is 1.56. The summed E-state index contributed by atoms with van der Waals surface area (Å²) in [5.41, 5.74) is 4.87. The van der Waals surface area contributed by atoms with Crippen LogP contribution in [0.25, 0.3) is 0 Å². The van der Waals surface area contributed by atoms with Crippen molar-refractivity contribution in [3.8, 4) is 11.5 Å². The van der Waals surface area contributed by atoms with Crippen molar-refractivity contribution in [3.05, 3.63) is 24.0 Å². The summed E-state index contributed by atoms with van der Waals surface area (Å²) in [7, 11) is 0. The first-order valence-electron chi connectivity index (χ1n) is 6.14. The van der Waals surface area contributed by atoms with E-state index in [0.717, 1.165) is 0 Å². The Morgan fingerprint density at radius 2 is 1.55 bits per heavy atom. The first-order chi connectivity index (χ1) is 8.97. The van der Waals surface area contributed by atoms with E-state index in [2.05, 4.69) is 12.2 Å². The number of ether oxygens (including phenoxy) is 3. The zero-order valence-corrected chi connectivity index (χ0v) is 13.1. The van der Waals surface area contributed by atoms with Gasteiger partial charge in [-0.2, -0.15) is 0 Å². The van der Waals surface area contributed by atoms with E-state index in [0.29, 0.717) is 5.75 Å². The van der Waals surface area contributed by atoms with Gasteiger partial charge in [0.2, 0.25) is 5.79 Å². The van der Waals surface area contributed by atoms with E-state index >= 15 is 0 Å². The first kappa shape index (κ1) is 16.5. The monoisotopic (exact) mass is 301 g/mol. The number of nitrogens with two attached hydrogens (primary N) is 1. The average Bonchev–Trinajstić information content (AvgIpc) is 2.08. The Labute approximate surface area is 124 Å². The molecule has 1 aromatic carbocycles. The van der Waals surface area contributed by atoms with E-state index in [1.54, 1.807) is 19.9 Å². The van der Waals surface area contributed by atoms with E-state index < -0.39 is 17.2 Å². The van der Waals surface area contributed by atoms with Crippen LogP contribution in [-0.4, -0.2) is 16.6 Å². The predicted molar refractivity (Wildman–Crippen MR) is 79.4 cm³/mol. The fraction of sp³-hybridized carbons (Fsp3) is 0.500. The predicted octanol–water partition coefficient (Wildman–Crippen LogP) is 3.38. The number of hydrogen-bond acceptors (Lipinski definition) is 4. The Balaban J connectivity index is 2.93. The molecule has 20 heavy (non-hydrogen) atoms. The van der Waals surface area contributed by atoms with Crippen molar-refractivity contribution >= 4 is 17.4 Å². The van der Waals surface area contributed by atoms with Crippen LogP contribution in [0.2, 0.25) is 0 Å². The molecule has 0 amide bonds. The Kier molecular flexibility index (Phi) is 4.81. The maximum atomic E-state index is 13.6. The highest BCUT2D eigenvalue weighted by Crippen LogP contribution is 2.28. The molecule has 0 aliphatic rings. The van der Waals surface area contributed by atoms with Crippen LogP contribution in [0.3, 0.4) is 0 Å². The van der Waals surface area contributed by atoms with Crippen LogP contribution in [0.15, 0.2) is 18.2 Å². The molecule has 0 unspecified atom stereocenters. The van der Waals surface area contributed by atoms with Gasteiger partial charge in [0, 0.05) is 32.0 Å². The number of thiocarbonyl (C=S) groups is 1. The third-order valence-electron chi connectivity index (χ3n) is 1.98. The summed E-state index contributed by atoms with van der Waals surface area (Å²) in [6.07, 6.45) is 0. The van der Waals surface area contributed by atoms with Crippen molar-refractivity contribution in [2.45, 2.75) is 46.0 Å². The van der Waals surface area contributed by atoms with E-state index in [1.807, 2.05) is 20.8 Å². The molecule has 112 valence electrons. The van der Waals surface area contributed by atoms with Crippen LogP contribution in [0.5, 0.6) is 11.5 Å². The number of rotatable bonds is 4. The molecule has 1 aromatic rings. The van der Waals surface area contributed by atoms with Crippen LogP contribution < -0.4 is 15.2 Å². The van der Waals surface area contributed by atoms with Gasteiger partial charge in [0.15, 0.2) is 0 Å². The lowest BCUT2D eigenvalue weighted by atomic mass is 10.2. The molecule has 6 heteroatoms. The van der Waals surface area contributed by atoms with Crippen LogP contribution >= 0.6 is 12.2 Å². The summed E-state index contributed by atoms with van der Waals surface area (Å²) in [4.78, 5) is 0. The molecule has 0 saturated carbocycles. The minimum Gasteiger partial charge on any atom is -0.488 e. The molecule has 4 nitrogen and oxygen atoms in total. The van der Waals surface area contributed by atoms with Crippen molar-refractivity contribution in [3.63, 3.8) is 0 Å². The van der Waals surface area contributed by atoms with E-state index in [9.17, 15) is 4.39 Å². The molecular weight excluding hydrogens is 281 g/mol. The summed E-state index contributed by atoms with van der Waals surface area (Å²) in [6, 6.07) is 4.11. The average molecular weight is 301 g/mol. The van der Waals surface area contributed by atoms with Crippen LogP contribution in [0, 0.1) is 5.82 Å². The number of hydrogen-bond donors (Lipinski definition) is 1. The highest BCUT2D eigenvalue weighted by atomic mass is 32.1. The molecule has 0 atom stereocenters. The fourth-order valence-corrected chi connectivity index (χ4v) is 1.76. The van der Waals surface area contributed by atoms with Gasteiger partial charge in [0.25, 0.3) is 5.17 Å². The smallest absolute Gasteiger partial charge is 0.257 e. The molecule has 0 heterocycles. The lowest BCUT2D eigenvalue weighted by molar-refractivity contribution is -0.0903. The summed E-state index contributed by atoms with van der Waals surface area (Å²) >= 11 is 4.66. The molecule has 1 rings (SSSR count). The lowest BCUT2D eigenvalue weighted by Gasteiger charge is -2.27. The molecule has 0 radical (unpaired) electrons. The largest absolute Gasteiger partial charge is 0.488 e. The van der Waals surface area contributed by atoms with Crippen molar-refractivity contribution in [1.82, 2.24) is 0 Å². The van der Waals surface area contributed by atoms with E-state index in [-0.39, 0.29) is 10.9 Å². The van der Waals surface area contributed by atoms with E-state index in [4.69, 9.17) is 19.9 Å². The number of halogens is 1. The standard InChI is InChI=1S/C14H20FNO3S/c1-13(2,3)17-10-6-9(15)7-11(8-10)18-14(4,5)19-12(16)20/h6-8H,1-5H3,(H2,16,20). The molecule has 0 aromatic heterocycles. The quantitative estimate of drug-likeness (QED) is 0.682. The molecule has 0 bridgehead atoms. The van der Waals surface area contributed by atoms with Crippen LogP contribution in [0.1, 0.15) is 34.6 Å². The van der Waals surface area contributed by atoms with Gasteiger partial charge in [-0.05, 0) is 33.0 Å². The maximum absolute atomic E-state index is 13.6. The van der Waals surface area contributed by atoms with Gasteiger partial charge in [-0.25, -0.2) is 4.39 Å². The highest BCUT2D eigenvalue weighted by Gasteiger charge is 2.23. The SMILES string of the molecule is CC(C)(C)Oc1cc(F)cc(OC(C)(C)OC(N)=S)c1. The van der Waals surface area contributed by atoms with E-state index in [1.165, 1.54) is 12.1 Å².